The molecule has 0 aliphatic rings. The number of hydrogen-bond donors (Lipinski definition) is 0. The molecule has 0 spiro atoms. The van der Waals surface area contributed by atoms with Crippen LogP contribution < -0.4 is 0 Å². The molecule has 3 atom stereocenters. The van der Waals surface area contributed by atoms with Crippen molar-refractivity contribution in [3.8, 4) is 6.07 Å². The maximum Gasteiger partial charge on any atom is 0.0661 e. The van der Waals surface area contributed by atoms with Crippen molar-refractivity contribution in [2.75, 3.05) is 0 Å². The van der Waals surface area contributed by atoms with E-state index in [1.54, 1.807) is 0 Å². The van der Waals surface area contributed by atoms with Crippen molar-refractivity contribution in [1.29, 1.82) is 5.26 Å². The van der Waals surface area contributed by atoms with E-state index in [-0.39, 0.29) is 5.92 Å². The lowest BCUT2D eigenvalue weighted by Gasteiger charge is -2.27. The average Bonchev–Trinajstić information content (AvgIpc) is 2.52. The molecule has 132 valence electrons. The highest BCUT2D eigenvalue weighted by molar-refractivity contribution is 5.06. The van der Waals surface area contributed by atoms with Crippen molar-refractivity contribution in [2.45, 2.75) is 86.0 Å². The number of allylic oxidation sites excluding steroid dienone is 2. The molecule has 0 aromatic rings. The van der Waals surface area contributed by atoms with Crippen LogP contribution in [-0.4, -0.2) is 0 Å². The number of rotatable bonds is 13. The summed E-state index contributed by atoms with van der Waals surface area (Å²) in [6, 6.07) is 2.50. The summed E-state index contributed by atoms with van der Waals surface area (Å²) in [4.78, 5) is 0. The summed E-state index contributed by atoms with van der Waals surface area (Å²) < 4.78 is 0. The Balaban J connectivity index is 4.28. The fourth-order valence-electron chi connectivity index (χ4n) is 3.01. The minimum absolute atomic E-state index is 0.138. The Bertz CT molecular complexity index is 385. The highest BCUT2D eigenvalue weighted by Gasteiger charge is 2.22. The van der Waals surface area contributed by atoms with Crippen LogP contribution in [0, 0.1) is 34.5 Å². The normalized spacial score (nSPS) is 15.5. The second kappa shape index (κ2) is 11.5. The Morgan fingerprint density at radius 2 is 1.83 bits per heavy atom. The van der Waals surface area contributed by atoms with E-state index in [0.29, 0.717) is 17.3 Å². The van der Waals surface area contributed by atoms with Gasteiger partial charge >= 0.3 is 0 Å². The van der Waals surface area contributed by atoms with Crippen LogP contribution >= 0.6 is 0 Å². The molecule has 0 saturated carbocycles. The van der Waals surface area contributed by atoms with Crippen molar-refractivity contribution >= 4 is 0 Å². The molecule has 0 heterocycles. The zero-order valence-corrected chi connectivity index (χ0v) is 16.3. The third kappa shape index (κ3) is 9.65. The monoisotopic (exact) mass is 317 g/mol. The summed E-state index contributed by atoms with van der Waals surface area (Å²) >= 11 is 0. The molecule has 0 aromatic heterocycles. The van der Waals surface area contributed by atoms with Gasteiger partial charge in [-0.1, -0.05) is 72.1 Å². The Morgan fingerprint density at radius 3 is 2.35 bits per heavy atom. The summed E-state index contributed by atoms with van der Waals surface area (Å²) in [5.74, 6) is 1.08. The predicted octanol–water partition coefficient (Wildman–Crippen LogP) is 7.31. The molecule has 0 radical (unpaired) electrons. The van der Waals surface area contributed by atoms with Gasteiger partial charge in [-0.2, -0.15) is 5.26 Å². The lowest BCUT2D eigenvalue weighted by atomic mass is 9.77. The molecular weight excluding hydrogens is 278 g/mol. The maximum absolute atomic E-state index is 9.39. The molecule has 0 aliphatic carbocycles. The van der Waals surface area contributed by atoms with Gasteiger partial charge < -0.3 is 0 Å². The quantitative estimate of drug-likeness (QED) is 0.327. The van der Waals surface area contributed by atoms with Crippen molar-refractivity contribution in [2.24, 2.45) is 23.2 Å². The van der Waals surface area contributed by atoms with Gasteiger partial charge in [0.25, 0.3) is 0 Å². The number of unbranched alkanes of at least 4 members (excludes halogenated alkanes) is 1. The van der Waals surface area contributed by atoms with E-state index in [9.17, 15) is 5.26 Å². The molecule has 1 nitrogen and oxygen atoms in total. The molecule has 0 rings (SSSR count). The molecule has 0 saturated heterocycles. The van der Waals surface area contributed by atoms with E-state index in [1.807, 2.05) is 0 Å². The molecule has 0 fully saturated rings. The van der Waals surface area contributed by atoms with Crippen molar-refractivity contribution in [3.05, 3.63) is 24.8 Å². The van der Waals surface area contributed by atoms with E-state index in [4.69, 9.17) is 0 Å². The summed E-state index contributed by atoms with van der Waals surface area (Å²) in [5, 5.41) is 9.39. The second-order valence-corrected chi connectivity index (χ2v) is 8.09. The topological polar surface area (TPSA) is 23.8 Å². The Kier molecular flexibility index (Phi) is 11.0. The first-order valence-electron chi connectivity index (χ1n) is 9.47. The van der Waals surface area contributed by atoms with Crippen LogP contribution in [-0.2, 0) is 0 Å². The van der Waals surface area contributed by atoms with E-state index in [0.717, 1.165) is 25.7 Å². The molecule has 0 amide bonds. The third-order valence-electron chi connectivity index (χ3n) is 5.32. The molecule has 0 bridgehead atoms. The van der Waals surface area contributed by atoms with Crippen LogP contribution in [0.15, 0.2) is 24.8 Å². The largest absolute Gasteiger partial charge is 0.198 e. The van der Waals surface area contributed by atoms with Gasteiger partial charge in [0, 0.05) is 0 Å². The van der Waals surface area contributed by atoms with Crippen molar-refractivity contribution in [1.82, 2.24) is 0 Å². The van der Waals surface area contributed by atoms with E-state index >= 15 is 0 Å². The van der Waals surface area contributed by atoms with Gasteiger partial charge in [0.1, 0.15) is 0 Å². The Hall–Kier alpha value is -1.03. The van der Waals surface area contributed by atoms with E-state index in [2.05, 4.69) is 59.9 Å². The van der Waals surface area contributed by atoms with Crippen LogP contribution in [0.25, 0.3) is 0 Å². The lowest BCUT2D eigenvalue weighted by Crippen LogP contribution is -2.16. The van der Waals surface area contributed by atoms with Gasteiger partial charge in [-0.05, 0) is 49.4 Å². The molecule has 0 aliphatic heterocycles. The standard InChI is InChI=1S/C22H39N/c1-8-10-13-21(17-23)20(5)19(4)14-16-22(6,7)15-11-12-18(3)9-2/h9,18,20-21H,2,4,8,10-16H2,1,3,5-7H3. The molecule has 1 heteroatoms. The van der Waals surface area contributed by atoms with Crippen molar-refractivity contribution < 1.29 is 0 Å². The smallest absolute Gasteiger partial charge is 0.0661 e. The van der Waals surface area contributed by atoms with Gasteiger partial charge in [0.2, 0.25) is 0 Å². The SMILES string of the molecule is C=CC(C)CCCC(C)(C)CCC(=C)C(C)C(C#N)CCCC. The number of hydrogen-bond acceptors (Lipinski definition) is 1. The molecule has 0 aromatic carbocycles. The van der Waals surface area contributed by atoms with Gasteiger partial charge in [-0.3, -0.25) is 0 Å². The zero-order valence-electron chi connectivity index (χ0n) is 16.3. The third-order valence-corrected chi connectivity index (χ3v) is 5.32. The number of nitrogens with zero attached hydrogens (tertiary/aromatic N) is 1. The Morgan fingerprint density at radius 1 is 1.17 bits per heavy atom. The van der Waals surface area contributed by atoms with Gasteiger partial charge in [0.05, 0.1) is 12.0 Å². The second-order valence-electron chi connectivity index (χ2n) is 8.09. The average molecular weight is 318 g/mol. The predicted molar refractivity (Wildman–Crippen MR) is 103 cm³/mol. The van der Waals surface area contributed by atoms with E-state index < -0.39 is 0 Å². The lowest BCUT2D eigenvalue weighted by molar-refractivity contribution is 0.285. The minimum Gasteiger partial charge on any atom is -0.198 e. The summed E-state index contributed by atoms with van der Waals surface area (Å²) in [6.45, 7) is 19.5. The first-order valence-corrected chi connectivity index (χ1v) is 9.47. The first kappa shape index (κ1) is 22.0. The highest BCUT2D eigenvalue weighted by atomic mass is 14.3. The molecular formula is C22H39N. The van der Waals surface area contributed by atoms with Crippen molar-refractivity contribution in [3.63, 3.8) is 0 Å². The molecule has 3 unspecified atom stereocenters. The van der Waals surface area contributed by atoms with E-state index in [1.165, 1.54) is 31.3 Å². The van der Waals surface area contributed by atoms with Crippen LogP contribution in [0.4, 0.5) is 0 Å². The van der Waals surface area contributed by atoms with Gasteiger partial charge in [-0.25, -0.2) is 0 Å². The maximum atomic E-state index is 9.39. The molecule has 23 heavy (non-hydrogen) atoms. The van der Waals surface area contributed by atoms with Gasteiger partial charge in [-0.15, -0.1) is 6.58 Å². The van der Waals surface area contributed by atoms with Gasteiger partial charge in [0.15, 0.2) is 0 Å². The fourth-order valence-corrected chi connectivity index (χ4v) is 3.01. The fraction of sp³-hybridized carbons (Fsp3) is 0.773. The zero-order chi connectivity index (χ0) is 17.9. The summed E-state index contributed by atoms with van der Waals surface area (Å²) in [6.07, 6.45) is 11.3. The van der Waals surface area contributed by atoms with Crippen LogP contribution in [0.1, 0.15) is 86.0 Å². The van der Waals surface area contributed by atoms with Crippen LogP contribution in [0.2, 0.25) is 0 Å². The minimum atomic E-state index is 0.138. The first-order chi connectivity index (χ1) is 10.8. The van der Waals surface area contributed by atoms with Crippen LogP contribution in [0.5, 0.6) is 0 Å². The number of nitriles is 1. The summed E-state index contributed by atoms with van der Waals surface area (Å²) in [7, 11) is 0. The summed E-state index contributed by atoms with van der Waals surface area (Å²) in [5.41, 5.74) is 1.62. The molecule has 0 N–H and O–H groups in total. The Labute approximate surface area is 145 Å². The van der Waals surface area contributed by atoms with Crippen LogP contribution in [0.3, 0.4) is 0 Å². The highest BCUT2D eigenvalue weighted by Crippen LogP contribution is 2.34.